The molecule has 0 aromatic heterocycles. The maximum Gasteiger partial charge on any atom is 0.418 e. The summed E-state index contributed by atoms with van der Waals surface area (Å²) in [7, 11) is 0. The molecule has 2 atom stereocenters. The van der Waals surface area contributed by atoms with Crippen molar-refractivity contribution >= 4 is 0 Å². The molecule has 1 aromatic rings. The van der Waals surface area contributed by atoms with Crippen molar-refractivity contribution < 1.29 is 18.3 Å². The van der Waals surface area contributed by atoms with E-state index in [9.17, 15) is 13.2 Å². The molecule has 1 aromatic carbocycles. The number of alkyl halides is 3. The Morgan fingerprint density at radius 1 is 1.27 bits per heavy atom. The molecule has 1 unspecified atom stereocenters. The van der Waals surface area contributed by atoms with Crippen LogP contribution in [0.15, 0.2) is 24.3 Å². The first-order chi connectivity index (χ1) is 6.82. The maximum absolute atomic E-state index is 12.2. The fraction of sp³-hybridized carbons (Fsp3) is 0.400. The minimum Gasteiger partial charge on any atom is -0.379 e. The number of aliphatic hydroxyl groups is 1. The van der Waals surface area contributed by atoms with E-state index < -0.39 is 12.3 Å². The monoisotopic (exact) mass is 219 g/mol. The van der Waals surface area contributed by atoms with Gasteiger partial charge in [-0.15, -0.1) is 0 Å². The Bertz CT molecular complexity index is 336. The summed E-state index contributed by atoms with van der Waals surface area (Å²) >= 11 is 0. The minimum atomic E-state index is -4.64. The van der Waals surface area contributed by atoms with E-state index in [2.05, 4.69) is 0 Å². The summed E-state index contributed by atoms with van der Waals surface area (Å²) in [6, 6.07) is 5.21. The molecule has 0 aliphatic heterocycles. The highest BCUT2D eigenvalue weighted by Crippen LogP contribution is 2.32. The third-order valence-corrected chi connectivity index (χ3v) is 2.06. The third-order valence-electron chi connectivity index (χ3n) is 2.06. The van der Waals surface area contributed by atoms with Gasteiger partial charge in [0.2, 0.25) is 0 Å². The molecule has 0 aliphatic carbocycles. The van der Waals surface area contributed by atoms with Crippen LogP contribution in [0.5, 0.6) is 0 Å². The van der Waals surface area contributed by atoms with Gasteiger partial charge in [0.1, 0.15) is 0 Å². The average Bonchev–Trinajstić information content (AvgIpc) is 2.15. The van der Waals surface area contributed by atoms with Crippen molar-refractivity contribution in [3.05, 3.63) is 35.4 Å². The molecule has 0 spiro atoms. The van der Waals surface area contributed by atoms with Crippen molar-refractivity contribution in [3.63, 3.8) is 0 Å². The predicted molar refractivity (Wildman–Crippen MR) is 50.1 cm³/mol. The average molecular weight is 219 g/mol. The molecule has 0 saturated carbocycles. The van der Waals surface area contributed by atoms with Gasteiger partial charge in [0.15, 0.2) is 6.10 Å². The van der Waals surface area contributed by atoms with E-state index in [1.54, 1.807) is 13.0 Å². The largest absolute Gasteiger partial charge is 0.418 e. The number of aliphatic hydroxyl groups excluding tert-OH is 1. The van der Waals surface area contributed by atoms with Gasteiger partial charge < -0.3 is 10.8 Å². The molecule has 1 rings (SSSR count). The highest BCUT2D eigenvalue weighted by atomic mass is 19.4. The van der Waals surface area contributed by atoms with Crippen LogP contribution in [-0.2, 0) is 0 Å². The van der Waals surface area contributed by atoms with Crippen LogP contribution < -0.4 is 5.73 Å². The summed E-state index contributed by atoms with van der Waals surface area (Å²) < 4.78 is 36.6. The number of nitrogens with two attached hydrogens (primary N) is 1. The van der Waals surface area contributed by atoms with Gasteiger partial charge in [-0.2, -0.15) is 13.2 Å². The van der Waals surface area contributed by atoms with Gasteiger partial charge in [-0.05, 0) is 18.1 Å². The molecule has 15 heavy (non-hydrogen) atoms. The summed E-state index contributed by atoms with van der Waals surface area (Å²) in [5.41, 5.74) is 5.91. The van der Waals surface area contributed by atoms with Crippen LogP contribution in [0.1, 0.15) is 30.2 Å². The summed E-state index contributed by atoms with van der Waals surface area (Å²) in [6.07, 6.45) is -7.09. The van der Waals surface area contributed by atoms with Crippen LogP contribution in [-0.4, -0.2) is 11.3 Å². The van der Waals surface area contributed by atoms with Crippen molar-refractivity contribution in [2.45, 2.75) is 25.2 Å². The van der Waals surface area contributed by atoms with Gasteiger partial charge in [-0.1, -0.05) is 24.3 Å². The predicted octanol–water partition coefficient (Wildman–Crippen LogP) is 2.30. The van der Waals surface area contributed by atoms with E-state index in [0.29, 0.717) is 5.56 Å². The summed E-state index contributed by atoms with van der Waals surface area (Å²) in [5, 5.41) is 9.00. The van der Waals surface area contributed by atoms with Gasteiger partial charge >= 0.3 is 6.18 Å². The highest BCUT2D eigenvalue weighted by Gasteiger charge is 2.39. The van der Waals surface area contributed by atoms with Crippen LogP contribution in [0.25, 0.3) is 0 Å². The highest BCUT2D eigenvalue weighted by molar-refractivity contribution is 5.27. The van der Waals surface area contributed by atoms with Crippen molar-refractivity contribution in [2.75, 3.05) is 0 Å². The molecule has 0 aliphatic rings. The molecule has 0 amide bonds. The molecule has 0 radical (unpaired) electrons. The van der Waals surface area contributed by atoms with Crippen molar-refractivity contribution in [1.82, 2.24) is 0 Å². The molecule has 2 nitrogen and oxygen atoms in total. The van der Waals surface area contributed by atoms with E-state index in [1.165, 1.54) is 18.2 Å². The summed E-state index contributed by atoms with van der Waals surface area (Å²) in [4.78, 5) is 0. The van der Waals surface area contributed by atoms with Crippen LogP contribution in [0.3, 0.4) is 0 Å². The third kappa shape index (κ3) is 2.94. The van der Waals surface area contributed by atoms with Crippen LogP contribution in [0.4, 0.5) is 13.2 Å². The summed E-state index contributed by atoms with van der Waals surface area (Å²) in [6.45, 7) is 1.67. The second kappa shape index (κ2) is 4.20. The first-order valence-electron chi connectivity index (χ1n) is 4.42. The first kappa shape index (κ1) is 12.0. The van der Waals surface area contributed by atoms with Gasteiger partial charge in [-0.25, -0.2) is 0 Å². The summed E-state index contributed by atoms with van der Waals surface area (Å²) in [5.74, 6) is 0. The van der Waals surface area contributed by atoms with E-state index in [1.807, 2.05) is 0 Å². The lowest BCUT2D eigenvalue weighted by Crippen LogP contribution is -2.20. The Kier molecular flexibility index (Phi) is 3.36. The number of hydrogen-bond donors (Lipinski definition) is 2. The standard InChI is InChI=1S/C10H12F3NO/c1-6(14)7-3-2-4-8(5-7)9(15)10(11,12)13/h2-6,9,15H,14H2,1H3/t6-,9?/m1/s1. The molecule has 84 valence electrons. The first-order valence-corrected chi connectivity index (χ1v) is 4.42. The van der Waals surface area contributed by atoms with Crippen molar-refractivity contribution in [1.29, 1.82) is 0 Å². The Morgan fingerprint density at radius 2 is 1.80 bits per heavy atom. The number of benzene rings is 1. The van der Waals surface area contributed by atoms with Crippen LogP contribution in [0.2, 0.25) is 0 Å². The Morgan fingerprint density at radius 3 is 2.27 bits per heavy atom. The zero-order valence-corrected chi connectivity index (χ0v) is 8.12. The van der Waals surface area contributed by atoms with Crippen LogP contribution >= 0.6 is 0 Å². The quantitative estimate of drug-likeness (QED) is 0.801. The van der Waals surface area contributed by atoms with E-state index in [-0.39, 0.29) is 11.6 Å². The number of hydrogen-bond acceptors (Lipinski definition) is 2. The molecular formula is C10H12F3NO. The lowest BCUT2D eigenvalue weighted by Gasteiger charge is -2.16. The second-order valence-corrected chi connectivity index (χ2v) is 3.40. The second-order valence-electron chi connectivity index (χ2n) is 3.40. The topological polar surface area (TPSA) is 46.2 Å². The maximum atomic E-state index is 12.2. The van der Waals surface area contributed by atoms with E-state index in [0.717, 1.165) is 0 Å². The molecule has 3 N–H and O–H groups in total. The molecule has 5 heteroatoms. The van der Waals surface area contributed by atoms with Crippen LogP contribution in [0, 0.1) is 0 Å². The van der Waals surface area contributed by atoms with Gasteiger partial charge in [-0.3, -0.25) is 0 Å². The lowest BCUT2D eigenvalue weighted by atomic mass is 10.0. The van der Waals surface area contributed by atoms with Gasteiger partial charge in [0.05, 0.1) is 0 Å². The van der Waals surface area contributed by atoms with Gasteiger partial charge in [0.25, 0.3) is 0 Å². The molecule has 0 saturated heterocycles. The van der Waals surface area contributed by atoms with E-state index >= 15 is 0 Å². The number of halogens is 3. The Balaban J connectivity index is 3.00. The molecule has 0 fully saturated rings. The SMILES string of the molecule is C[C@@H](N)c1cccc(C(O)C(F)(F)F)c1. The van der Waals surface area contributed by atoms with Crippen molar-refractivity contribution in [2.24, 2.45) is 5.73 Å². The fourth-order valence-corrected chi connectivity index (χ4v) is 1.20. The number of rotatable bonds is 2. The lowest BCUT2D eigenvalue weighted by molar-refractivity contribution is -0.206. The zero-order chi connectivity index (χ0) is 11.6. The fourth-order valence-electron chi connectivity index (χ4n) is 1.20. The zero-order valence-electron chi connectivity index (χ0n) is 8.12. The Labute approximate surface area is 85.5 Å². The normalized spacial score (nSPS) is 16.1. The molecule has 0 heterocycles. The van der Waals surface area contributed by atoms with Gasteiger partial charge in [0, 0.05) is 6.04 Å². The van der Waals surface area contributed by atoms with Crippen molar-refractivity contribution in [3.8, 4) is 0 Å². The Hall–Kier alpha value is -1.07. The molecule has 0 bridgehead atoms. The minimum absolute atomic E-state index is 0.183. The smallest absolute Gasteiger partial charge is 0.379 e. The van der Waals surface area contributed by atoms with E-state index in [4.69, 9.17) is 10.8 Å². The molecular weight excluding hydrogens is 207 g/mol.